The molecule has 0 aromatic heterocycles. The normalized spacial score (nSPS) is 10.8. The summed E-state index contributed by atoms with van der Waals surface area (Å²) in [6.07, 6.45) is 2.18. The fraction of sp³-hybridized carbons (Fsp3) is 0.500. The van der Waals surface area contributed by atoms with Crippen molar-refractivity contribution in [2.24, 2.45) is 0 Å². The first-order valence-electron chi connectivity index (χ1n) is 10.6. The zero-order valence-corrected chi connectivity index (χ0v) is 17.8. The SMILES string of the molecule is CCOCCOc1ccc(CNCCCc2ccccc2)c(OCCOCC)c1. The van der Waals surface area contributed by atoms with Gasteiger partial charge in [0.2, 0.25) is 0 Å². The van der Waals surface area contributed by atoms with Crippen LogP contribution in [-0.4, -0.2) is 46.2 Å². The Morgan fingerprint density at radius 2 is 1.52 bits per heavy atom. The average molecular weight is 402 g/mol. The van der Waals surface area contributed by atoms with Gasteiger partial charge in [-0.2, -0.15) is 0 Å². The van der Waals surface area contributed by atoms with Gasteiger partial charge in [-0.05, 0) is 44.9 Å². The minimum absolute atomic E-state index is 0.525. The van der Waals surface area contributed by atoms with Gasteiger partial charge in [0, 0.05) is 31.4 Å². The molecule has 2 aromatic carbocycles. The smallest absolute Gasteiger partial charge is 0.127 e. The van der Waals surface area contributed by atoms with E-state index in [2.05, 4.69) is 41.7 Å². The van der Waals surface area contributed by atoms with E-state index >= 15 is 0 Å². The zero-order valence-electron chi connectivity index (χ0n) is 17.8. The molecule has 2 rings (SSSR count). The quantitative estimate of drug-likeness (QED) is 0.426. The second-order valence-corrected chi connectivity index (χ2v) is 6.63. The Labute approximate surface area is 175 Å². The first-order chi connectivity index (χ1) is 14.3. The second-order valence-electron chi connectivity index (χ2n) is 6.63. The molecular weight excluding hydrogens is 366 g/mol. The van der Waals surface area contributed by atoms with Crippen molar-refractivity contribution in [3.05, 3.63) is 59.7 Å². The standard InChI is InChI=1S/C24H35NO4/c1-3-26-15-17-28-23-13-12-22(24(19-23)29-18-16-27-4-2)20-25-14-8-11-21-9-6-5-7-10-21/h5-7,9-10,12-13,19,25H,3-4,8,11,14-18,20H2,1-2H3. The minimum Gasteiger partial charge on any atom is -0.491 e. The molecule has 0 fully saturated rings. The Hall–Kier alpha value is -2.08. The van der Waals surface area contributed by atoms with Crippen molar-refractivity contribution < 1.29 is 18.9 Å². The fourth-order valence-corrected chi connectivity index (χ4v) is 2.91. The van der Waals surface area contributed by atoms with Gasteiger partial charge in [0.15, 0.2) is 0 Å². The van der Waals surface area contributed by atoms with E-state index in [1.165, 1.54) is 5.56 Å². The van der Waals surface area contributed by atoms with E-state index in [4.69, 9.17) is 18.9 Å². The highest BCUT2D eigenvalue weighted by molar-refractivity contribution is 5.40. The van der Waals surface area contributed by atoms with E-state index in [1.807, 2.05) is 26.0 Å². The predicted octanol–water partition coefficient (Wildman–Crippen LogP) is 4.24. The molecule has 0 aliphatic heterocycles. The monoisotopic (exact) mass is 401 g/mol. The highest BCUT2D eigenvalue weighted by Gasteiger charge is 2.07. The van der Waals surface area contributed by atoms with Gasteiger partial charge in [0.25, 0.3) is 0 Å². The maximum atomic E-state index is 5.96. The van der Waals surface area contributed by atoms with Crippen LogP contribution in [-0.2, 0) is 22.4 Å². The Morgan fingerprint density at radius 1 is 0.793 bits per heavy atom. The highest BCUT2D eigenvalue weighted by atomic mass is 16.5. The Bertz CT molecular complexity index is 663. The van der Waals surface area contributed by atoms with E-state index in [9.17, 15) is 0 Å². The summed E-state index contributed by atoms with van der Waals surface area (Å²) in [7, 11) is 0. The van der Waals surface area contributed by atoms with Gasteiger partial charge in [-0.1, -0.05) is 36.4 Å². The fourth-order valence-electron chi connectivity index (χ4n) is 2.91. The van der Waals surface area contributed by atoms with Crippen LogP contribution >= 0.6 is 0 Å². The van der Waals surface area contributed by atoms with E-state index < -0.39 is 0 Å². The van der Waals surface area contributed by atoms with Crippen LogP contribution in [0, 0.1) is 0 Å². The van der Waals surface area contributed by atoms with Crippen molar-refractivity contribution in [1.29, 1.82) is 0 Å². The number of nitrogens with one attached hydrogen (secondary N) is 1. The van der Waals surface area contributed by atoms with Crippen molar-refractivity contribution in [3.8, 4) is 11.5 Å². The molecule has 0 spiro atoms. The third-order valence-electron chi connectivity index (χ3n) is 4.41. The number of ether oxygens (including phenoxy) is 4. The lowest BCUT2D eigenvalue weighted by Crippen LogP contribution is -2.17. The van der Waals surface area contributed by atoms with Crippen molar-refractivity contribution in [3.63, 3.8) is 0 Å². The number of rotatable bonds is 16. The third kappa shape index (κ3) is 9.79. The maximum Gasteiger partial charge on any atom is 0.127 e. The molecule has 0 radical (unpaired) electrons. The van der Waals surface area contributed by atoms with Gasteiger partial charge in [-0.15, -0.1) is 0 Å². The molecule has 0 aliphatic carbocycles. The molecule has 160 valence electrons. The lowest BCUT2D eigenvalue weighted by Gasteiger charge is -2.15. The Morgan fingerprint density at radius 3 is 2.24 bits per heavy atom. The first-order valence-corrected chi connectivity index (χ1v) is 10.6. The van der Waals surface area contributed by atoms with Crippen LogP contribution in [0.15, 0.2) is 48.5 Å². The van der Waals surface area contributed by atoms with Crippen LogP contribution in [0.5, 0.6) is 11.5 Å². The van der Waals surface area contributed by atoms with Crippen LogP contribution in [0.3, 0.4) is 0 Å². The van der Waals surface area contributed by atoms with E-state index in [-0.39, 0.29) is 0 Å². The maximum absolute atomic E-state index is 5.96. The molecular formula is C24H35NO4. The van der Waals surface area contributed by atoms with Crippen LogP contribution in [0.2, 0.25) is 0 Å². The average Bonchev–Trinajstić information content (AvgIpc) is 2.76. The highest BCUT2D eigenvalue weighted by Crippen LogP contribution is 2.25. The lowest BCUT2D eigenvalue weighted by molar-refractivity contribution is 0.107. The van der Waals surface area contributed by atoms with E-state index in [1.54, 1.807) is 0 Å². The van der Waals surface area contributed by atoms with E-state index in [0.29, 0.717) is 39.6 Å². The van der Waals surface area contributed by atoms with Gasteiger partial charge >= 0.3 is 0 Å². The number of hydrogen-bond acceptors (Lipinski definition) is 5. The van der Waals surface area contributed by atoms with Crippen molar-refractivity contribution in [2.75, 3.05) is 46.2 Å². The topological polar surface area (TPSA) is 49.0 Å². The van der Waals surface area contributed by atoms with Gasteiger partial charge in [0.05, 0.1) is 13.2 Å². The Balaban J connectivity index is 1.82. The molecule has 29 heavy (non-hydrogen) atoms. The van der Waals surface area contributed by atoms with Crippen molar-refractivity contribution in [2.45, 2.75) is 33.2 Å². The van der Waals surface area contributed by atoms with Gasteiger partial charge in [-0.3, -0.25) is 0 Å². The second kappa shape index (κ2) is 14.9. The molecule has 0 amide bonds. The molecule has 0 atom stereocenters. The summed E-state index contributed by atoms with van der Waals surface area (Å²) in [6.45, 7) is 9.30. The third-order valence-corrected chi connectivity index (χ3v) is 4.41. The van der Waals surface area contributed by atoms with E-state index in [0.717, 1.165) is 43.0 Å². The zero-order chi connectivity index (χ0) is 20.6. The summed E-state index contributed by atoms with van der Waals surface area (Å²) in [5.74, 6) is 1.64. The van der Waals surface area contributed by atoms with Gasteiger partial charge in [-0.25, -0.2) is 0 Å². The van der Waals surface area contributed by atoms with Crippen LogP contribution in [0.4, 0.5) is 0 Å². The molecule has 0 unspecified atom stereocenters. The van der Waals surface area contributed by atoms with Crippen LogP contribution in [0.1, 0.15) is 31.4 Å². The summed E-state index contributed by atoms with van der Waals surface area (Å²) in [5, 5.41) is 3.52. The van der Waals surface area contributed by atoms with Crippen LogP contribution in [0.25, 0.3) is 0 Å². The van der Waals surface area contributed by atoms with Crippen LogP contribution < -0.4 is 14.8 Å². The lowest BCUT2D eigenvalue weighted by atomic mass is 10.1. The molecule has 1 N–H and O–H groups in total. The summed E-state index contributed by atoms with van der Waals surface area (Å²) >= 11 is 0. The molecule has 2 aromatic rings. The van der Waals surface area contributed by atoms with Crippen molar-refractivity contribution in [1.82, 2.24) is 5.32 Å². The summed E-state index contributed by atoms with van der Waals surface area (Å²) in [6, 6.07) is 16.6. The molecule has 0 heterocycles. The van der Waals surface area contributed by atoms with Crippen molar-refractivity contribution >= 4 is 0 Å². The first kappa shape index (κ1) is 23.2. The molecule has 0 saturated carbocycles. The molecule has 0 aliphatic rings. The number of benzene rings is 2. The van der Waals surface area contributed by atoms with Gasteiger partial charge < -0.3 is 24.3 Å². The predicted molar refractivity (Wildman–Crippen MR) is 117 cm³/mol. The molecule has 5 heteroatoms. The molecule has 0 saturated heterocycles. The minimum atomic E-state index is 0.525. The van der Waals surface area contributed by atoms with Gasteiger partial charge in [0.1, 0.15) is 24.7 Å². The summed E-state index contributed by atoms with van der Waals surface area (Å²) in [4.78, 5) is 0. The summed E-state index contributed by atoms with van der Waals surface area (Å²) in [5.41, 5.74) is 2.50. The largest absolute Gasteiger partial charge is 0.491 e. The molecule has 0 bridgehead atoms. The summed E-state index contributed by atoms with van der Waals surface area (Å²) < 4.78 is 22.4. The number of aryl methyl sites for hydroxylation is 1. The Kier molecular flexibility index (Phi) is 11.9. The molecule has 5 nitrogen and oxygen atoms in total. The number of hydrogen-bond donors (Lipinski definition) is 1.